The van der Waals surface area contributed by atoms with Crippen LogP contribution >= 0.6 is 11.6 Å². The molecule has 0 unspecified atom stereocenters. The summed E-state index contributed by atoms with van der Waals surface area (Å²) in [6.45, 7) is -0.750. The maximum Gasteiger partial charge on any atom is 0.416 e. The minimum Gasteiger partial charge on any atom is -0.382 e. The number of benzene rings is 1. The number of ether oxygens (including phenoxy) is 1. The SMILES string of the molecule is COCc1c(Cl)cccc1NC(=O)N(C)C[C@@H](O)C(F)(F)F. The Bertz CT molecular complexity index is 526. The molecule has 2 N–H and O–H groups in total. The van der Waals surface area contributed by atoms with Crippen LogP contribution in [0.2, 0.25) is 5.02 Å². The second kappa shape index (κ2) is 7.66. The van der Waals surface area contributed by atoms with E-state index >= 15 is 0 Å². The molecule has 0 aromatic heterocycles. The summed E-state index contributed by atoms with van der Waals surface area (Å²) in [6, 6.07) is 3.93. The highest BCUT2D eigenvalue weighted by molar-refractivity contribution is 6.31. The Hall–Kier alpha value is -1.51. The van der Waals surface area contributed by atoms with Crippen LogP contribution in [0.5, 0.6) is 0 Å². The number of hydrogen-bond donors (Lipinski definition) is 2. The standard InChI is InChI=1S/C13H16ClF3N2O3/c1-19(6-11(20)13(15,16)17)12(21)18-10-5-3-4-9(14)8(10)7-22-2/h3-5,11,20H,6-7H2,1-2H3,(H,18,21)/t11-/m1/s1. The van der Waals surface area contributed by atoms with Crippen molar-refractivity contribution in [3.63, 3.8) is 0 Å². The van der Waals surface area contributed by atoms with Crippen LogP contribution in [-0.2, 0) is 11.3 Å². The maximum atomic E-state index is 12.3. The smallest absolute Gasteiger partial charge is 0.382 e. The van der Waals surface area contributed by atoms with E-state index in [9.17, 15) is 18.0 Å². The van der Waals surface area contributed by atoms with Crippen molar-refractivity contribution in [3.8, 4) is 0 Å². The molecule has 0 heterocycles. The van der Waals surface area contributed by atoms with Gasteiger partial charge in [0.25, 0.3) is 0 Å². The molecule has 0 saturated carbocycles. The van der Waals surface area contributed by atoms with Crippen molar-refractivity contribution in [2.75, 3.05) is 26.0 Å². The number of methoxy groups -OCH3 is 1. The number of nitrogens with zero attached hydrogens (tertiary/aromatic N) is 1. The molecule has 1 rings (SSSR count). The van der Waals surface area contributed by atoms with E-state index in [4.69, 9.17) is 21.4 Å². The molecule has 124 valence electrons. The van der Waals surface area contributed by atoms with Crippen LogP contribution < -0.4 is 5.32 Å². The van der Waals surface area contributed by atoms with Crippen LogP contribution in [0.1, 0.15) is 5.56 Å². The number of urea groups is 1. The molecular weight excluding hydrogens is 325 g/mol. The lowest BCUT2D eigenvalue weighted by Gasteiger charge is -2.23. The molecule has 22 heavy (non-hydrogen) atoms. The summed E-state index contributed by atoms with van der Waals surface area (Å²) in [5.41, 5.74) is 0.831. The fraction of sp³-hybridized carbons (Fsp3) is 0.462. The number of amides is 2. The molecule has 0 aliphatic rings. The van der Waals surface area contributed by atoms with Gasteiger partial charge in [-0.3, -0.25) is 0 Å². The topological polar surface area (TPSA) is 61.8 Å². The molecule has 9 heteroatoms. The van der Waals surface area contributed by atoms with Gasteiger partial charge in [0.1, 0.15) is 0 Å². The lowest BCUT2D eigenvalue weighted by molar-refractivity contribution is -0.205. The zero-order valence-corrected chi connectivity index (χ0v) is 12.7. The van der Waals surface area contributed by atoms with Crippen LogP contribution in [0.15, 0.2) is 18.2 Å². The van der Waals surface area contributed by atoms with Gasteiger partial charge in [0.05, 0.1) is 13.2 Å². The van der Waals surface area contributed by atoms with Gasteiger partial charge in [-0.05, 0) is 12.1 Å². The molecule has 1 atom stereocenters. The van der Waals surface area contributed by atoms with Gasteiger partial charge in [0, 0.05) is 30.4 Å². The average Bonchev–Trinajstić information content (AvgIpc) is 2.41. The summed E-state index contributed by atoms with van der Waals surface area (Å²) in [5.74, 6) is 0. The quantitative estimate of drug-likeness (QED) is 0.866. The van der Waals surface area contributed by atoms with Gasteiger partial charge >= 0.3 is 12.2 Å². The van der Waals surface area contributed by atoms with Crippen molar-refractivity contribution < 1.29 is 27.8 Å². The number of halogens is 4. The fourth-order valence-corrected chi connectivity index (χ4v) is 1.85. The van der Waals surface area contributed by atoms with Crippen molar-refractivity contribution in [2.24, 2.45) is 0 Å². The number of aliphatic hydroxyl groups excluding tert-OH is 1. The van der Waals surface area contributed by atoms with E-state index in [0.717, 1.165) is 11.9 Å². The van der Waals surface area contributed by atoms with Crippen molar-refractivity contribution in [1.82, 2.24) is 4.90 Å². The minimum absolute atomic E-state index is 0.129. The third kappa shape index (κ3) is 5.04. The monoisotopic (exact) mass is 340 g/mol. The Morgan fingerprint density at radius 3 is 2.68 bits per heavy atom. The normalized spacial score (nSPS) is 12.9. The first-order valence-corrected chi connectivity index (χ1v) is 6.57. The van der Waals surface area contributed by atoms with Crippen molar-refractivity contribution in [2.45, 2.75) is 18.9 Å². The first kappa shape index (κ1) is 18.5. The summed E-state index contributed by atoms with van der Waals surface area (Å²) < 4.78 is 41.8. The summed E-state index contributed by atoms with van der Waals surface area (Å²) in [4.78, 5) is 12.6. The molecule has 0 aliphatic carbocycles. The number of nitrogens with one attached hydrogen (secondary N) is 1. The van der Waals surface area contributed by atoms with Crippen LogP contribution in [0.3, 0.4) is 0 Å². The van der Waals surface area contributed by atoms with Crippen molar-refractivity contribution in [1.29, 1.82) is 0 Å². The predicted octanol–water partition coefficient (Wildman–Crippen LogP) is 2.87. The average molecular weight is 341 g/mol. The van der Waals surface area contributed by atoms with Gasteiger partial charge < -0.3 is 20.1 Å². The van der Waals surface area contributed by atoms with Crippen LogP contribution in [0.4, 0.5) is 23.7 Å². The molecule has 0 fully saturated rings. The Labute approximate surface area is 130 Å². The Morgan fingerprint density at radius 1 is 1.50 bits per heavy atom. The van der Waals surface area contributed by atoms with Crippen molar-refractivity contribution >= 4 is 23.3 Å². The molecule has 1 aromatic carbocycles. The molecule has 0 aliphatic heterocycles. The van der Waals surface area contributed by atoms with Gasteiger partial charge in [-0.25, -0.2) is 4.79 Å². The third-order valence-corrected chi connectivity index (χ3v) is 3.17. The highest BCUT2D eigenvalue weighted by Gasteiger charge is 2.39. The number of carbonyl (C=O) groups is 1. The van der Waals surface area contributed by atoms with E-state index in [1.54, 1.807) is 18.2 Å². The number of carbonyl (C=O) groups excluding carboxylic acids is 1. The van der Waals surface area contributed by atoms with Gasteiger partial charge in [-0.15, -0.1) is 0 Å². The second-order valence-corrected chi connectivity index (χ2v) is 4.97. The number of anilines is 1. The van der Waals surface area contributed by atoms with Crippen LogP contribution in [0.25, 0.3) is 0 Å². The third-order valence-electron chi connectivity index (χ3n) is 2.82. The Morgan fingerprint density at radius 2 is 2.14 bits per heavy atom. The highest BCUT2D eigenvalue weighted by atomic mass is 35.5. The zero-order valence-electron chi connectivity index (χ0n) is 11.9. The molecule has 5 nitrogen and oxygen atoms in total. The van der Waals surface area contributed by atoms with E-state index in [1.807, 2.05) is 0 Å². The van der Waals surface area contributed by atoms with Crippen molar-refractivity contribution in [3.05, 3.63) is 28.8 Å². The van der Waals surface area contributed by atoms with Gasteiger partial charge in [-0.1, -0.05) is 17.7 Å². The van der Waals surface area contributed by atoms with E-state index in [-0.39, 0.29) is 6.61 Å². The fourth-order valence-electron chi connectivity index (χ4n) is 1.62. The minimum atomic E-state index is -4.79. The van der Waals surface area contributed by atoms with Crippen LogP contribution in [0, 0.1) is 0 Å². The number of aliphatic hydroxyl groups is 1. The Balaban J connectivity index is 2.78. The van der Waals surface area contributed by atoms with E-state index < -0.39 is 24.9 Å². The maximum absolute atomic E-state index is 12.3. The molecular formula is C13H16ClF3N2O3. The summed E-state index contributed by atoms with van der Waals surface area (Å²) in [5, 5.41) is 11.8. The molecule has 0 bridgehead atoms. The summed E-state index contributed by atoms with van der Waals surface area (Å²) in [6.07, 6.45) is -7.40. The van der Waals surface area contributed by atoms with Gasteiger partial charge in [0.2, 0.25) is 0 Å². The zero-order chi connectivity index (χ0) is 16.9. The summed E-state index contributed by atoms with van der Waals surface area (Å²) in [7, 11) is 2.59. The van der Waals surface area contributed by atoms with E-state index in [0.29, 0.717) is 16.3 Å². The van der Waals surface area contributed by atoms with Gasteiger partial charge in [0.15, 0.2) is 6.10 Å². The number of hydrogen-bond acceptors (Lipinski definition) is 3. The molecule has 2 amide bonds. The van der Waals surface area contributed by atoms with E-state index in [1.165, 1.54) is 7.11 Å². The lowest BCUT2D eigenvalue weighted by atomic mass is 10.2. The first-order chi connectivity index (χ1) is 10.2. The molecule has 0 radical (unpaired) electrons. The predicted molar refractivity (Wildman–Crippen MR) is 75.9 cm³/mol. The Kier molecular flexibility index (Phi) is 6.46. The van der Waals surface area contributed by atoms with E-state index in [2.05, 4.69) is 5.32 Å². The molecule has 1 aromatic rings. The largest absolute Gasteiger partial charge is 0.416 e. The number of rotatable bonds is 5. The number of likely N-dealkylation sites (N-methyl/N-ethyl adjacent to an activating group) is 1. The number of alkyl halides is 3. The highest BCUT2D eigenvalue weighted by Crippen LogP contribution is 2.25. The lowest BCUT2D eigenvalue weighted by Crippen LogP contribution is -2.43. The first-order valence-electron chi connectivity index (χ1n) is 6.20. The molecule has 0 spiro atoms. The van der Waals surface area contributed by atoms with Gasteiger partial charge in [-0.2, -0.15) is 13.2 Å². The summed E-state index contributed by atoms with van der Waals surface area (Å²) >= 11 is 5.98. The molecule has 0 saturated heterocycles. The van der Waals surface area contributed by atoms with Crippen LogP contribution in [-0.4, -0.2) is 49.0 Å². The second-order valence-electron chi connectivity index (χ2n) is 4.57.